The van der Waals surface area contributed by atoms with Crippen LogP contribution in [-0.2, 0) is 12.8 Å². The number of aryl methyl sites for hydroxylation is 2. The van der Waals surface area contributed by atoms with E-state index in [0.717, 1.165) is 81.4 Å². The van der Waals surface area contributed by atoms with E-state index in [1.54, 1.807) is 0 Å². The van der Waals surface area contributed by atoms with E-state index < -0.39 is 0 Å². The molecule has 6 aromatic rings. The van der Waals surface area contributed by atoms with Crippen LogP contribution in [0.4, 0.5) is 17.1 Å². The van der Waals surface area contributed by atoms with Gasteiger partial charge in [-0.3, -0.25) is 0 Å². The molecule has 8 rings (SSSR count). The van der Waals surface area contributed by atoms with Gasteiger partial charge < -0.3 is 13.7 Å². The molecule has 186 valence electrons. The predicted octanol–water partition coefficient (Wildman–Crippen LogP) is 9.59. The van der Waals surface area contributed by atoms with Crippen LogP contribution >= 0.6 is 0 Å². The lowest BCUT2D eigenvalue weighted by Crippen LogP contribution is -2.10. The smallest absolute Gasteiger partial charge is 0.159 e. The number of nitriles is 1. The molecule has 0 amide bonds. The molecule has 0 aliphatic heterocycles. The van der Waals surface area contributed by atoms with Crippen LogP contribution in [0.15, 0.2) is 93.8 Å². The Morgan fingerprint density at radius 2 is 1.56 bits per heavy atom. The Labute approximate surface area is 225 Å². The van der Waals surface area contributed by atoms with Crippen molar-refractivity contribution < 1.29 is 8.83 Å². The van der Waals surface area contributed by atoms with Crippen LogP contribution in [-0.4, -0.2) is 0 Å². The first-order valence-corrected chi connectivity index (χ1v) is 13.4. The molecule has 2 aliphatic carbocycles. The number of furan rings is 2. The highest BCUT2D eigenvalue weighted by Gasteiger charge is 2.23. The zero-order valence-electron chi connectivity index (χ0n) is 21.3. The molecule has 0 fully saturated rings. The van der Waals surface area contributed by atoms with Gasteiger partial charge in [-0.2, -0.15) is 5.26 Å². The van der Waals surface area contributed by atoms with Crippen LogP contribution in [0.3, 0.4) is 0 Å². The number of hydrogen-bond acceptors (Lipinski definition) is 4. The van der Waals surface area contributed by atoms with E-state index in [0.29, 0.717) is 5.56 Å². The van der Waals surface area contributed by atoms with Gasteiger partial charge in [-0.1, -0.05) is 36.4 Å². The molecule has 0 atom stereocenters. The maximum Gasteiger partial charge on any atom is 0.159 e. The molecule has 0 spiro atoms. The standard InChI is InChI=1S/C35H24N2O2/c36-21-22-12-15-24(16-13-22)37(30-10-5-9-28-27-8-3-4-11-31(27)39-35(28)30)25-17-19-32-29(20-25)34-26-7-2-1-6-23(26)14-18-33(34)38-32/h2,4-5,7,9-20H,1,3,6,8H2. The zero-order valence-corrected chi connectivity index (χ0v) is 21.3. The Bertz CT molecular complexity index is 2030. The van der Waals surface area contributed by atoms with Crippen molar-refractivity contribution in [1.29, 1.82) is 5.26 Å². The molecular formula is C35H24N2O2. The summed E-state index contributed by atoms with van der Waals surface area (Å²) in [5.41, 5.74) is 10.1. The van der Waals surface area contributed by atoms with E-state index in [2.05, 4.69) is 83.8 Å². The van der Waals surface area contributed by atoms with Crippen molar-refractivity contribution in [2.75, 3.05) is 4.90 Å². The number of para-hydroxylation sites is 1. The highest BCUT2D eigenvalue weighted by atomic mass is 16.3. The summed E-state index contributed by atoms with van der Waals surface area (Å²) in [6.07, 6.45) is 12.9. The first-order chi connectivity index (χ1) is 19.3. The molecule has 0 unspecified atom stereocenters. The molecule has 4 aromatic carbocycles. The molecule has 2 aromatic heterocycles. The summed E-state index contributed by atoms with van der Waals surface area (Å²) < 4.78 is 12.8. The number of anilines is 3. The second-order valence-corrected chi connectivity index (χ2v) is 10.3. The fraction of sp³-hybridized carbons (Fsp3) is 0.114. The van der Waals surface area contributed by atoms with E-state index in [1.807, 2.05) is 24.3 Å². The van der Waals surface area contributed by atoms with Gasteiger partial charge in [0.1, 0.15) is 16.9 Å². The second kappa shape index (κ2) is 8.51. The summed E-state index contributed by atoms with van der Waals surface area (Å²) in [6, 6.07) is 27.0. The second-order valence-electron chi connectivity index (χ2n) is 10.3. The lowest BCUT2D eigenvalue weighted by atomic mass is 9.93. The van der Waals surface area contributed by atoms with Crippen molar-refractivity contribution in [2.45, 2.75) is 25.7 Å². The van der Waals surface area contributed by atoms with E-state index in [-0.39, 0.29) is 0 Å². The van der Waals surface area contributed by atoms with Crippen molar-refractivity contribution >= 4 is 62.1 Å². The van der Waals surface area contributed by atoms with Gasteiger partial charge in [0.05, 0.1) is 17.3 Å². The first-order valence-electron chi connectivity index (χ1n) is 13.4. The van der Waals surface area contributed by atoms with Crippen LogP contribution in [0.25, 0.3) is 45.1 Å². The number of fused-ring (bicyclic) bond motifs is 8. The average molecular weight is 505 g/mol. The Morgan fingerprint density at radius 1 is 0.744 bits per heavy atom. The summed E-state index contributed by atoms with van der Waals surface area (Å²) >= 11 is 0. The number of benzene rings is 4. The molecule has 4 nitrogen and oxygen atoms in total. The molecule has 0 N–H and O–H groups in total. The normalized spacial score (nSPS) is 14.0. The van der Waals surface area contributed by atoms with Crippen molar-refractivity contribution in [1.82, 2.24) is 0 Å². The van der Waals surface area contributed by atoms with E-state index in [1.165, 1.54) is 16.7 Å². The highest BCUT2D eigenvalue weighted by molar-refractivity contribution is 6.11. The van der Waals surface area contributed by atoms with Gasteiger partial charge >= 0.3 is 0 Å². The molecule has 2 heterocycles. The lowest BCUT2D eigenvalue weighted by Gasteiger charge is -2.25. The number of allylic oxidation sites excluding steroid dienone is 2. The monoisotopic (exact) mass is 504 g/mol. The van der Waals surface area contributed by atoms with Crippen LogP contribution in [0.2, 0.25) is 0 Å². The maximum absolute atomic E-state index is 9.43. The molecule has 2 aliphatic rings. The molecule has 0 saturated carbocycles. The summed E-state index contributed by atoms with van der Waals surface area (Å²) in [5.74, 6) is 0.943. The van der Waals surface area contributed by atoms with Gasteiger partial charge in [0, 0.05) is 33.1 Å². The maximum atomic E-state index is 9.43. The molecule has 39 heavy (non-hydrogen) atoms. The third-order valence-corrected chi connectivity index (χ3v) is 8.03. The molecular weight excluding hydrogens is 480 g/mol. The third kappa shape index (κ3) is 3.37. The van der Waals surface area contributed by atoms with Crippen LogP contribution in [0.1, 0.15) is 40.9 Å². The summed E-state index contributed by atoms with van der Waals surface area (Å²) in [6.45, 7) is 0. The third-order valence-electron chi connectivity index (χ3n) is 8.03. The van der Waals surface area contributed by atoms with Crippen molar-refractivity contribution in [3.05, 3.63) is 113 Å². The van der Waals surface area contributed by atoms with Crippen molar-refractivity contribution in [3.8, 4) is 6.07 Å². The molecule has 0 radical (unpaired) electrons. The van der Waals surface area contributed by atoms with Gasteiger partial charge in [0.2, 0.25) is 0 Å². The predicted molar refractivity (Wildman–Crippen MR) is 158 cm³/mol. The van der Waals surface area contributed by atoms with Crippen LogP contribution in [0.5, 0.6) is 0 Å². The minimum atomic E-state index is 0.630. The summed E-state index contributed by atoms with van der Waals surface area (Å²) in [5, 5.41) is 12.8. The molecule has 0 saturated heterocycles. The van der Waals surface area contributed by atoms with Crippen LogP contribution in [0, 0.1) is 11.3 Å². The molecule has 0 bridgehead atoms. The van der Waals surface area contributed by atoms with Gasteiger partial charge in [-0.25, -0.2) is 0 Å². The number of nitrogens with zero attached hydrogens (tertiary/aromatic N) is 2. The Kier molecular flexibility index (Phi) is 4.80. The molecule has 4 heteroatoms. The van der Waals surface area contributed by atoms with Gasteiger partial charge in [0.25, 0.3) is 0 Å². The van der Waals surface area contributed by atoms with E-state index in [4.69, 9.17) is 8.83 Å². The van der Waals surface area contributed by atoms with E-state index >= 15 is 0 Å². The Balaban J connectivity index is 1.40. The summed E-state index contributed by atoms with van der Waals surface area (Å²) in [4.78, 5) is 2.23. The SMILES string of the molecule is N#Cc1ccc(N(c2ccc3oc4ccc5c(c4c3c2)C=CCC5)c2cccc3c4c(oc23)C=CCC4)cc1. The average Bonchev–Trinajstić information content (AvgIpc) is 3.56. The first kappa shape index (κ1) is 22.0. The van der Waals surface area contributed by atoms with Crippen molar-refractivity contribution in [2.24, 2.45) is 0 Å². The summed E-state index contributed by atoms with van der Waals surface area (Å²) in [7, 11) is 0. The largest absolute Gasteiger partial charge is 0.456 e. The lowest BCUT2D eigenvalue weighted by molar-refractivity contribution is 0.596. The minimum absolute atomic E-state index is 0.630. The number of hydrogen-bond donors (Lipinski definition) is 0. The van der Waals surface area contributed by atoms with Gasteiger partial charge in [0.15, 0.2) is 5.58 Å². The highest BCUT2D eigenvalue weighted by Crippen LogP contribution is 2.44. The van der Waals surface area contributed by atoms with E-state index in [9.17, 15) is 5.26 Å². The quantitative estimate of drug-likeness (QED) is 0.241. The van der Waals surface area contributed by atoms with Crippen molar-refractivity contribution in [3.63, 3.8) is 0 Å². The minimum Gasteiger partial charge on any atom is -0.456 e. The Morgan fingerprint density at radius 3 is 2.46 bits per heavy atom. The number of rotatable bonds is 3. The van der Waals surface area contributed by atoms with Gasteiger partial charge in [-0.15, -0.1) is 0 Å². The fourth-order valence-electron chi connectivity index (χ4n) is 6.19. The fourth-order valence-corrected chi connectivity index (χ4v) is 6.19. The van der Waals surface area contributed by atoms with Crippen LogP contribution < -0.4 is 4.90 Å². The topological polar surface area (TPSA) is 53.3 Å². The Hall–Kier alpha value is -5.01. The van der Waals surface area contributed by atoms with Gasteiger partial charge in [-0.05, 0) is 97.5 Å². The zero-order chi connectivity index (χ0) is 25.9.